The summed E-state index contributed by atoms with van der Waals surface area (Å²) in [6, 6.07) is 0. The van der Waals surface area contributed by atoms with Crippen molar-refractivity contribution < 1.29 is 0 Å². The number of halogens is 1. The Balaban J connectivity index is 2.66. The molecule has 0 aromatic heterocycles. The SMILES string of the molecule is CC1=NC=C[CH]N1Cl. The van der Waals surface area contributed by atoms with Crippen molar-refractivity contribution in [2.75, 3.05) is 0 Å². The van der Waals surface area contributed by atoms with E-state index in [0.29, 0.717) is 0 Å². The van der Waals surface area contributed by atoms with Gasteiger partial charge < -0.3 is 0 Å². The molecule has 0 saturated heterocycles. The molecule has 0 bridgehead atoms. The molecular formula is C5H6ClN2. The molecule has 1 radical (unpaired) electrons. The Morgan fingerprint density at radius 2 is 2.50 bits per heavy atom. The van der Waals surface area contributed by atoms with E-state index in [0.717, 1.165) is 5.84 Å². The molecule has 1 heterocycles. The highest BCUT2D eigenvalue weighted by Gasteiger charge is 2.02. The summed E-state index contributed by atoms with van der Waals surface area (Å²) < 4.78 is 1.44. The number of rotatable bonds is 0. The summed E-state index contributed by atoms with van der Waals surface area (Å²) in [4.78, 5) is 3.91. The third-order valence-electron chi connectivity index (χ3n) is 0.874. The number of amidine groups is 1. The van der Waals surface area contributed by atoms with Crippen molar-refractivity contribution >= 4 is 17.6 Å². The van der Waals surface area contributed by atoms with Crippen LogP contribution < -0.4 is 0 Å². The van der Waals surface area contributed by atoms with Crippen LogP contribution in [0.5, 0.6) is 0 Å². The first-order valence-electron chi connectivity index (χ1n) is 2.30. The third kappa shape index (κ3) is 1.01. The van der Waals surface area contributed by atoms with E-state index < -0.39 is 0 Å². The topological polar surface area (TPSA) is 15.6 Å². The van der Waals surface area contributed by atoms with Crippen molar-refractivity contribution in [3.63, 3.8) is 0 Å². The standard InChI is InChI=1S/C5H6ClN2/c1-5-7-3-2-4-8(5)6/h2-4H,1H3. The van der Waals surface area contributed by atoms with Crippen LogP contribution in [0.4, 0.5) is 0 Å². The van der Waals surface area contributed by atoms with Gasteiger partial charge in [0.05, 0.1) is 6.54 Å². The van der Waals surface area contributed by atoms with Gasteiger partial charge in [0.15, 0.2) is 0 Å². The summed E-state index contributed by atoms with van der Waals surface area (Å²) in [6.45, 7) is 3.58. The molecular weight excluding hydrogens is 124 g/mol. The van der Waals surface area contributed by atoms with Crippen LogP contribution in [0.25, 0.3) is 0 Å². The van der Waals surface area contributed by atoms with Crippen molar-refractivity contribution in [2.24, 2.45) is 4.99 Å². The first-order valence-corrected chi connectivity index (χ1v) is 2.64. The average molecular weight is 130 g/mol. The molecule has 0 aromatic carbocycles. The summed E-state index contributed by atoms with van der Waals surface area (Å²) in [5.74, 6) is 0.800. The summed E-state index contributed by atoms with van der Waals surface area (Å²) in [5.41, 5.74) is 0. The molecule has 0 amide bonds. The quantitative estimate of drug-likeness (QED) is 0.453. The predicted molar refractivity (Wildman–Crippen MR) is 34.2 cm³/mol. The Kier molecular flexibility index (Phi) is 1.53. The molecule has 1 rings (SSSR count). The predicted octanol–water partition coefficient (Wildman–Crippen LogP) is 1.55. The van der Waals surface area contributed by atoms with Crippen molar-refractivity contribution in [3.05, 3.63) is 18.8 Å². The monoisotopic (exact) mass is 129 g/mol. The fourth-order valence-corrected chi connectivity index (χ4v) is 0.537. The summed E-state index contributed by atoms with van der Waals surface area (Å²) in [5, 5.41) is 0. The maximum Gasteiger partial charge on any atom is 0.116 e. The maximum absolute atomic E-state index is 5.56. The molecule has 0 spiro atoms. The molecule has 0 N–H and O–H groups in total. The normalized spacial score (nSPS) is 18.8. The number of hydrogen-bond donors (Lipinski definition) is 0. The van der Waals surface area contributed by atoms with Gasteiger partial charge in [0.2, 0.25) is 0 Å². The van der Waals surface area contributed by atoms with Gasteiger partial charge in [0, 0.05) is 18.0 Å². The Labute approximate surface area is 53.6 Å². The molecule has 0 saturated carbocycles. The molecule has 0 unspecified atom stereocenters. The van der Waals surface area contributed by atoms with Gasteiger partial charge in [-0.25, -0.2) is 4.99 Å². The molecule has 8 heavy (non-hydrogen) atoms. The van der Waals surface area contributed by atoms with E-state index in [1.54, 1.807) is 18.8 Å². The summed E-state index contributed by atoms with van der Waals surface area (Å²) >= 11 is 5.56. The van der Waals surface area contributed by atoms with Gasteiger partial charge in [-0.3, -0.25) is 4.42 Å². The number of aliphatic imine (C=N–C) groups is 1. The van der Waals surface area contributed by atoms with Gasteiger partial charge in [-0.05, 0) is 13.0 Å². The van der Waals surface area contributed by atoms with E-state index in [9.17, 15) is 0 Å². The highest BCUT2D eigenvalue weighted by molar-refractivity contribution is 6.22. The van der Waals surface area contributed by atoms with Crippen LogP contribution in [0.15, 0.2) is 17.3 Å². The zero-order valence-corrected chi connectivity index (χ0v) is 5.26. The fraction of sp³-hybridized carbons (Fsp3) is 0.200. The summed E-state index contributed by atoms with van der Waals surface area (Å²) in [6.07, 6.45) is 3.48. The lowest BCUT2D eigenvalue weighted by Gasteiger charge is -2.13. The van der Waals surface area contributed by atoms with Crippen LogP contribution in [0, 0.1) is 6.54 Å². The van der Waals surface area contributed by atoms with Crippen LogP contribution in [-0.2, 0) is 0 Å². The van der Waals surface area contributed by atoms with E-state index in [2.05, 4.69) is 4.99 Å². The van der Waals surface area contributed by atoms with Crippen molar-refractivity contribution in [2.45, 2.75) is 6.92 Å². The highest BCUT2D eigenvalue weighted by atomic mass is 35.5. The zero-order chi connectivity index (χ0) is 5.98. The average Bonchev–Trinajstić information content (AvgIpc) is 1.77. The van der Waals surface area contributed by atoms with Gasteiger partial charge in [0.1, 0.15) is 5.84 Å². The highest BCUT2D eigenvalue weighted by Crippen LogP contribution is 2.05. The van der Waals surface area contributed by atoms with E-state index in [1.165, 1.54) is 4.42 Å². The van der Waals surface area contributed by atoms with Crippen LogP contribution in [0.1, 0.15) is 6.92 Å². The molecule has 0 aromatic rings. The zero-order valence-electron chi connectivity index (χ0n) is 4.50. The Morgan fingerprint density at radius 3 is 2.88 bits per heavy atom. The molecule has 2 nitrogen and oxygen atoms in total. The van der Waals surface area contributed by atoms with Crippen LogP contribution in [0.2, 0.25) is 0 Å². The Morgan fingerprint density at radius 1 is 1.75 bits per heavy atom. The maximum atomic E-state index is 5.56. The van der Waals surface area contributed by atoms with E-state index in [4.69, 9.17) is 11.8 Å². The minimum absolute atomic E-state index is 0.800. The molecule has 43 valence electrons. The largest absolute Gasteiger partial charge is 0.263 e. The van der Waals surface area contributed by atoms with Crippen molar-refractivity contribution in [3.8, 4) is 0 Å². The van der Waals surface area contributed by atoms with E-state index in [1.807, 2.05) is 6.92 Å². The molecule has 1 aliphatic rings. The first kappa shape index (κ1) is 5.63. The van der Waals surface area contributed by atoms with Crippen LogP contribution >= 0.6 is 11.8 Å². The molecule has 1 aliphatic heterocycles. The molecule has 0 atom stereocenters. The van der Waals surface area contributed by atoms with Gasteiger partial charge in [-0.1, -0.05) is 0 Å². The van der Waals surface area contributed by atoms with Gasteiger partial charge in [0.25, 0.3) is 0 Å². The second-order valence-corrected chi connectivity index (χ2v) is 1.84. The lowest BCUT2D eigenvalue weighted by atomic mass is 10.5. The van der Waals surface area contributed by atoms with Gasteiger partial charge >= 0.3 is 0 Å². The van der Waals surface area contributed by atoms with Crippen molar-refractivity contribution in [1.82, 2.24) is 4.42 Å². The Bertz CT molecular complexity index is 139. The second kappa shape index (κ2) is 2.18. The van der Waals surface area contributed by atoms with Gasteiger partial charge in [-0.15, -0.1) is 0 Å². The fourth-order valence-electron chi connectivity index (χ4n) is 0.428. The number of hydrogen-bond acceptors (Lipinski definition) is 2. The van der Waals surface area contributed by atoms with E-state index in [-0.39, 0.29) is 0 Å². The summed E-state index contributed by atoms with van der Waals surface area (Å²) in [7, 11) is 0. The smallest absolute Gasteiger partial charge is 0.116 e. The second-order valence-electron chi connectivity index (χ2n) is 1.48. The minimum Gasteiger partial charge on any atom is -0.263 e. The molecule has 0 aliphatic carbocycles. The van der Waals surface area contributed by atoms with Crippen molar-refractivity contribution in [1.29, 1.82) is 0 Å². The molecule has 0 fully saturated rings. The minimum atomic E-state index is 0.800. The number of nitrogens with zero attached hydrogens (tertiary/aromatic N) is 2. The lowest BCUT2D eigenvalue weighted by Crippen LogP contribution is -2.15. The van der Waals surface area contributed by atoms with Crippen LogP contribution in [-0.4, -0.2) is 10.3 Å². The lowest BCUT2D eigenvalue weighted by molar-refractivity contribution is 0.814. The van der Waals surface area contributed by atoms with Gasteiger partial charge in [-0.2, -0.15) is 0 Å². The first-order chi connectivity index (χ1) is 3.80. The Hall–Kier alpha value is -0.500. The van der Waals surface area contributed by atoms with E-state index >= 15 is 0 Å². The third-order valence-corrected chi connectivity index (χ3v) is 1.23. The molecule has 3 heteroatoms. The van der Waals surface area contributed by atoms with Crippen LogP contribution in [0.3, 0.4) is 0 Å².